The predicted molar refractivity (Wildman–Crippen MR) is 282 cm³/mol. The van der Waals surface area contributed by atoms with Crippen molar-refractivity contribution in [1.82, 2.24) is 14.5 Å². The zero-order chi connectivity index (χ0) is 47.2. The van der Waals surface area contributed by atoms with Gasteiger partial charge in [-0.15, -0.1) is 48.0 Å². The third kappa shape index (κ3) is 9.71. The van der Waals surface area contributed by atoms with Crippen molar-refractivity contribution in [3.8, 4) is 50.6 Å². The minimum atomic E-state index is -1.40. The van der Waals surface area contributed by atoms with E-state index in [9.17, 15) is 4.39 Å². The summed E-state index contributed by atoms with van der Waals surface area (Å²) < 4.78 is 21.9. The van der Waals surface area contributed by atoms with Gasteiger partial charge in [-0.3, -0.25) is 9.37 Å². The van der Waals surface area contributed by atoms with Gasteiger partial charge in [0.1, 0.15) is 5.58 Å². The van der Waals surface area contributed by atoms with Crippen LogP contribution in [-0.4, -0.2) is 22.6 Å². The van der Waals surface area contributed by atoms with Crippen molar-refractivity contribution >= 4 is 46.2 Å². The topological polar surface area (TPSA) is 43.9 Å². The standard InChI is InChI=1S/C46H43N2OSi.C15H15FN.Ir/c1-29(2)39-26-34(32-20-23-35(24-21-32)50(5,6)7)27-40(30(3)4)44(39)48-42-19-12-11-18-41(42)47-46(48)38-17-13-16-37-36-25-22-33(28-43(36)49-45(37)38)31-14-9-8-10-15-31;1-15(2,3)12-6-9-14(17-10-12)11-4-7-13(16)8-5-11;/h8-16,18-30H,1-7H3;4,6-10H,1-3H3;/q2*-1;. The number of imidazole rings is 1. The summed E-state index contributed by atoms with van der Waals surface area (Å²) in [7, 11) is -1.40. The van der Waals surface area contributed by atoms with E-state index in [1.54, 1.807) is 6.07 Å². The van der Waals surface area contributed by atoms with Gasteiger partial charge in [0, 0.05) is 43.2 Å². The Morgan fingerprint density at radius 1 is 0.662 bits per heavy atom. The molecule has 7 aromatic carbocycles. The first kappa shape index (κ1) is 48.2. The van der Waals surface area contributed by atoms with Crippen molar-refractivity contribution in [2.45, 2.75) is 85.4 Å². The van der Waals surface area contributed by atoms with Crippen LogP contribution < -0.4 is 5.19 Å². The van der Waals surface area contributed by atoms with Crippen LogP contribution in [0.25, 0.3) is 83.6 Å². The first-order valence-corrected chi connectivity index (χ1v) is 26.9. The van der Waals surface area contributed by atoms with Gasteiger partial charge in [-0.25, -0.2) is 0 Å². The van der Waals surface area contributed by atoms with Gasteiger partial charge in [-0.2, -0.15) is 0 Å². The summed E-state index contributed by atoms with van der Waals surface area (Å²) in [5.41, 5.74) is 16.1. The molecule has 7 heteroatoms. The van der Waals surface area contributed by atoms with E-state index in [0.29, 0.717) is 0 Å². The summed E-state index contributed by atoms with van der Waals surface area (Å²) in [6, 6.07) is 58.6. The van der Waals surface area contributed by atoms with E-state index in [1.807, 2.05) is 24.4 Å². The minimum absolute atomic E-state index is 0. The molecule has 0 aliphatic rings. The molecular formula is C61H58FIrN3OSi-2. The molecule has 3 heterocycles. The average Bonchev–Trinajstić information content (AvgIpc) is 3.90. The van der Waals surface area contributed by atoms with Crippen molar-refractivity contribution in [2.75, 3.05) is 0 Å². The van der Waals surface area contributed by atoms with Crippen LogP contribution in [-0.2, 0) is 25.5 Å². The Morgan fingerprint density at radius 3 is 1.94 bits per heavy atom. The number of para-hydroxylation sites is 2. The molecule has 10 aromatic rings. The fourth-order valence-corrected chi connectivity index (χ4v) is 10.0. The SMILES string of the molecule is CC(C)(C)c1ccc(-c2[c-]cc(F)cc2)nc1.CC(C)c1cc(-c2ccc([Si](C)(C)C)cc2)cc(C(C)C)c1-n1c(-c2[c-]ccc3c2oc2cc(-c4ccccc4)ccc23)nc2ccccc21.[Ir]. The molecule has 0 amide bonds. The monoisotopic (exact) mass is 1090 g/mol. The molecule has 10 rings (SSSR count). The molecule has 0 unspecified atom stereocenters. The van der Waals surface area contributed by atoms with Gasteiger partial charge >= 0.3 is 0 Å². The molecule has 0 aliphatic carbocycles. The number of benzene rings is 7. The van der Waals surface area contributed by atoms with E-state index in [-0.39, 0.29) is 43.2 Å². The number of rotatable bonds is 8. The molecule has 3 aromatic heterocycles. The fraction of sp³-hybridized carbons (Fsp3) is 0.213. The summed E-state index contributed by atoms with van der Waals surface area (Å²) in [6.07, 6.45) is 1.87. The molecule has 0 fully saturated rings. The Kier molecular flexibility index (Phi) is 13.8. The molecule has 0 bridgehead atoms. The van der Waals surface area contributed by atoms with E-state index in [4.69, 9.17) is 9.40 Å². The van der Waals surface area contributed by atoms with Crippen LogP contribution in [0.2, 0.25) is 19.6 Å². The second kappa shape index (κ2) is 19.4. The Labute approximate surface area is 415 Å². The van der Waals surface area contributed by atoms with Crippen LogP contribution in [0.15, 0.2) is 162 Å². The Bertz CT molecular complexity index is 3330. The summed E-state index contributed by atoms with van der Waals surface area (Å²) >= 11 is 0. The number of hydrogen-bond donors (Lipinski definition) is 0. The average molecular weight is 1090 g/mol. The van der Waals surface area contributed by atoms with Crippen LogP contribution in [0, 0.1) is 17.9 Å². The molecule has 0 N–H and O–H groups in total. The van der Waals surface area contributed by atoms with Gasteiger partial charge in [0.05, 0.1) is 30.5 Å². The summed E-state index contributed by atoms with van der Waals surface area (Å²) in [6.45, 7) is 22.9. The minimum Gasteiger partial charge on any atom is -0.501 e. The fourth-order valence-electron chi connectivity index (χ4n) is 8.85. The summed E-state index contributed by atoms with van der Waals surface area (Å²) in [4.78, 5) is 9.73. The van der Waals surface area contributed by atoms with Crippen LogP contribution in [0.3, 0.4) is 0 Å². The number of halogens is 1. The molecule has 0 saturated carbocycles. The van der Waals surface area contributed by atoms with E-state index in [2.05, 4.69) is 205 Å². The van der Waals surface area contributed by atoms with Gasteiger partial charge in [0.15, 0.2) is 0 Å². The molecule has 0 aliphatic heterocycles. The third-order valence-electron chi connectivity index (χ3n) is 12.7. The molecule has 4 nitrogen and oxygen atoms in total. The Morgan fingerprint density at radius 2 is 1.32 bits per heavy atom. The molecular weight excluding hydrogens is 1030 g/mol. The molecule has 345 valence electrons. The van der Waals surface area contributed by atoms with Crippen molar-refractivity contribution < 1.29 is 28.9 Å². The normalized spacial score (nSPS) is 11.9. The first-order chi connectivity index (χ1) is 32.0. The van der Waals surface area contributed by atoms with Crippen molar-refractivity contribution in [3.05, 3.63) is 192 Å². The summed E-state index contributed by atoms with van der Waals surface area (Å²) in [5.74, 6) is 1.12. The Balaban J connectivity index is 0.000000293. The van der Waals surface area contributed by atoms with Crippen molar-refractivity contribution in [2.24, 2.45) is 0 Å². The zero-order valence-corrected chi connectivity index (χ0v) is 44.0. The molecule has 0 spiro atoms. The van der Waals surface area contributed by atoms with Gasteiger partial charge in [-0.05, 0) is 92.2 Å². The van der Waals surface area contributed by atoms with Crippen LogP contribution in [0.5, 0.6) is 0 Å². The zero-order valence-electron chi connectivity index (χ0n) is 40.6. The van der Waals surface area contributed by atoms with Gasteiger partial charge in [0.25, 0.3) is 0 Å². The molecule has 1 radical (unpaired) electrons. The third-order valence-corrected chi connectivity index (χ3v) is 14.8. The maximum absolute atomic E-state index is 12.8. The van der Waals surface area contributed by atoms with Crippen LogP contribution in [0.4, 0.5) is 4.39 Å². The van der Waals surface area contributed by atoms with E-state index in [1.165, 1.54) is 56.4 Å². The summed E-state index contributed by atoms with van der Waals surface area (Å²) in [5, 5.41) is 3.64. The number of hydrogen-bond acceptors (Lipinski definition) is 3. The number of fused-ring (bicyclic) bond motifs is 4. The first-order valence-electron chi connectivity index (χ1n) is 23.4. The van der Waals surface area contributed by atoms with Crippen molar-refractivity contribution in [3.63, 3.8) is 0 Å². The van der Waals surface area contributed by atoms with E-state index < -0.39 is 8.07 Å². The van der Waals surface area contributed by atoms with Crippen LogP contribution in [0.1, 0.15) is 77.0 Å². The largest absolute Gasteiger partial charge is 0.501 e. The maximum atomic E-state index is 12.8. The number of furan rings is 1. The number of pyridine rings is 1. The maximum Gasteiger partial charge on any atom is 0.121 e. The van der Waals surface area contributed by atoms with Gasteiger partial charge in [0.2, 0.25) is 0 Å². The number of nitrogens with zero attached hydrogens (tertiary/aromatic N) is 3. The predicted octanol–water partition coefficient (Wildman–Crippen LogP) is 16.5. The number of aromatic nitrogens is 3. The van der Waals surface area contributed by atoms with Crippen LogP contribution >= 0.6 is 0 Å². The van der Waals surface area contributed by atoms with E-state index in [0.717, 1.165) is 61.2 Å². The second-order valence-corrected chi connectivity index (χ2v) is 25.4. The quantitative estimate of drug-likeness (QED) is 0.112. The van der Waals surface area contributed by atoms with E-state index >= 15 is 0 Å². The molecule has 0 saturated heterocycles. The van der Waals surface area contributed by atoms with Crippen molar-refractivity contribution in [1.29, 1.82) is 0 Å². The molecule has 0 atom stereocenters. The van der Waals surface area contributed by atoms with Gasteiger partial charge < -0.3 is 14.0 Å². The Hall–Kier alpha value is -6.24. The molecule has 68 heavy (non-hydrogen) atoms. The van der Waals surface area contributed by atoms with Gasteiger partial charge in [-0.1, -0.05) is 175 Å². The smallest absolute Gasteiger partial charge is 0.121 e. The second-order valence-electron chi connectivity index (χ2n) is 20.3.